The molecule has 1 aromatic carbocycles. The van der Waals surface area contributed by atoms with Crippen molar-refractivity contribution in [2.24, 2.45) is 10.9 Å². The minimum Gasteiger partial charge on any atom is -0.444 e. The van der Waals surface area contributed by atoms with Crippen LogP contribution in [0.15, 0.2) is 47.6 Å². The Hall–Kier alpha value is -2.39. The van der Waals surface area contributed by atoms with E-state index in [1.54, 1.807) is 23.2 Å². The molecule has 0 radical (unpaired) electrons. The molecule has 2 aromatic rings. The molecule has 158 valence electrons. The van der Waals surface area contributed by atoms with Crippen molar-refractivity contribution in [1.82, 2.24) is 14.6 Å². The van der Waals surface area contributed by atoms with E-state index in [4.69, 9.17) is 9.73 Å². The van der Waals surface area contributed by atoms with Crippen LogP contribution in [0.1, 0.15) is 36.0 Å². The van der Waals surface area contributed by atoms with Crippen molar-refractivity contribution in [3.63, 3.8) is 0 Å². The highest BCUT2D eigenvalue weighted by Gasteiger charge is 2.53. The van der Waals surface area contributed by atoms with Gasteiger partial charge in [0.05, 0.1) is 11.4 Å². The van der Waals surface area contributed by atoms with Crippen molar-refractivity contribution in [3.05, 3.63) is 53.0 Å². The lowest BCUT2D eigenvalue weighted by atomic mass is 9.87. The summed E-state index contributed by atoms with van der Waals surface area (Å²) in [5, 5.41) is 3.51. The van der Waals surface area contributed by atoms with Gasteiger partial charge in [0.1, 0.15) is 11.1 Å². The zero-order valence-electron chi connectivity index (χ0n) is 17.1. The first-order valence-electron chi connectivity index (χ1n) is 9.75. The van der Waals surface area contributed by atoms with Crippen molar-refractivity contribution in [3.8, 4) is 0 Å². The SMILES string of the molecule is CC(C)(C)OC(=O)N1CC2CSC(NC(=O)c3ccccc3)=NC2(c2ccns2)C1. The molecular formula is C21H24N4O3S2. The summed E-state index contributed by atoms with van der Waals surface area (Å²) >= 11 is 2.89. The van der Waals surface area contributed by atoms with Crippen LogP contribution in [0.25, 0.3) is 0 Å². The normalized spacial score (nSPS) is 23.5. The van der Waals surface area contributed by atoms with Gasteiger partial charge in [-0.05, 0) is 50.5 Å². The van der Waals surface area contributed by atoms with Crippen molar-refractivity contribution in [1.29, 1.82) is 0 Å². The minimum absolute atomic E-state index is 0.118. The van der Waals surface area contributed by atoms with Gasteiger partial charge in [-0.25, -0.2) is 14.2 Å². The Morgan fingerprint density at radius 3 is 2.67 bits per heavy atom. The van der Waals surface area contributed by atoms with Gasteiger partial charge in [-0.15, -0.1) is 0 Å². The van der Waals surface area contributed by atoms with E-state index in [1.807, 2.05) is 45.0 Å². The third-order valence-electron chi connectivity index (χ3n) is 5.04. The molecule has 2 unspecified atom stereocenters. The second kappa shape index (κ2) is 8.03. The lowest BCUT2D eigenvalue weighted by molar-refractivity contribution is 0.0282. The number of ether oxygens (including phenoxy) is 1. The van der Waals surface area contributed by atoms with Gasteiger partial charge in [0.15, 0.2) is 5.17 Å². The number of carbonyl (C=O) groups is 2. The molecule has 1 aromatic heterocycles. The number of benzene rings is 1. The minimum atomic E-state index is -0.622. The van der Waals surface area contributed by atoms with Gasteiger partial charge in [-0.1, -0.05) is 30.0 Å². The molecule has 1 fully saturated rings. The van der Waals surface area contributed by atoms with Crippen LogP contribution in [0, 0.1) is 5.92 Å². The van der Waals surface area contributed by atoms with Crippen molar-refractivity contribution in [2.75, 3.05) is 18.8 Å². The number of rotatable bonds is 2. The fourth-order valence-electron chi connectivity index (χ4n) is 3.67. The second-order valence-electron chi connectivity index (χ2n) is 8.41. The van der Waals surface area contributed by atoms with Crippen LogP contribution in [-0.4, -0.2) is 50.9 Å². The number of aliphatic imine (C=N–C) groups is 1. The van der Waals surface area contributed by atoms with Gasteiger partial charge in [0.2, 0.25) is 0 Å². The van der Waals surface area contributed by atoms with Crippen molar-refractivity contribution >= 4 is 40.5 Å². The van der Waals surface area contributed by atoms with Gasteiger partial charge in [0, 0.05) is 30.0 Å². The molecule has 2 amide bonds. The number of amides is 2. The first-order chi connectivity index (χ1) is 14.3. The standard InChI is InChI=1S/C21H24N4O3S2/c1-20(2,3)28-19(27)25-11-15-12-29-18(23-17(26)14-7-5-4-6-8-14)24-21(15,13-25)16-9-10-22-30-16/h4-10,15H,11-13H2,1-3H3,(H,23,24,26). The van der Waals surface area contributed by atoms with Crippen molar-refractivity contribution < 1.29 is 14.3 Å². The highest BCUT2D eigenvalue weighted by molar-refractivity contribution is 8.13. The molecule has 2 aliphatic rings. The number of thioether (sulfide) groups is 1. The molecule has 0 aliphatic carbocycles. The van der Waals surface area contributed by atoms with Gasteiger partial charge in [-0.3, -0.25) is 4.79 Å². The molecule has 0 spiro atoms. The number of carbonyl (C=O) groups excluding carboxylic acids is 2. The zero-order valence-corrected chi connectivity index (χ0v) is 18.8. The molecule has 0 bridgehead atoms. The lowest BCUT2D eigenvalue weighted by Crippen LogP contribution is -2.42. The van der Waals surface area contributed by atoms with Gasteiger partial charge in [0.25, 0.3) is 5.91 Å². The van der Waals surface area contributed by atoms with Crippen molar-refractivity contribution in [2.45, 2.75) is 31.9 Å². The van der Waals surface area contributed by atoms with E-state index >= 15 is 0 Å². The average Bonchev–Trinajstić information content (AvgIpc) is 3.36. The first kappa shape index (κ1) is 20.9. The van der Waals surface area contributed by atoms with E-state index in [0.29, 0.717) is 23.8 Å². The summed E-state index contributed by atoms with van der Waals surface area (Å²) in [6, 6.07) is 11.0. The molecule has 3 heterocycles. The van der Waals surface area contributed by atoms with Crippen LogP contribution in [0.5, 0.6) is 0 Å². The number of nitrogens with zero attached hydrogens (tertiary/aromatic N) is 3. The summed E-state index contributed by atoms with van der Waals surface area (Å²) in [7, 11) is 0. The second-order valence-corrected chi connectivity index (χ2v) is 10.2. The fraction of sp³-hybridized carbons (Fsp3) is 0.429. The van der Waals surface area contributed by atoms with Gasteiger partial charge >= 0.3 is 6.09 Å². The first-order valence-corrected chi connectivity index (χ1v) is 11.5. The summed E-state index contributed by atoms with van der Waals surface area (Å²) in [6.07, 6.45) is 1.41. The Bertz CT molecular complexity index is 956. The maximum Gasteiger partial charge on any atom is 0.410 e. The molecule has 0 saturated carbocycles. The number of likely N-dealkylation sites (tertiary alicyclic amines) is 1. The molecule has 1 saturated heterocycles. The largest absolute Gasteiger partial charge is 0.444 e. The Kier molecular flexibility index (Phi) is 5.59. The highest BCUT2D eigenvalue weighted by atomic mass is 32.2. The van der Waals surface area contributed by atoms with Gasteiger partial charge < -0.3 is 15.0 Å². The van der Waals surface area contributed by atoms with Gasteiger partial charge in [-0.2, -0.15) is 0 Å². The number of nitrogens with one attached hydrogen (secondary N) is 1. The molecule has 7 nitrogen and oxygen atoms in total. The summed E-state index contributed by atoms with van der Waals surface area (Å²) < 4.78 is 9.85. The highest BCUT2D eigenvalue weighted by Crippen LogP contribution is 2.47. The molecule has 2 atom stereocenters. The molecule has 4 rings (SSSR count). The van der Waals surface area contributed by atoms with Crippen LogP contribution < -0.4 is 5.32 Å². The topological polar surface area (TPSA) is 83.9 Å². The summed E-state index contributed by atoms with van der Waals surface area (Å²) in [6.45, 7) is 6.54. The monoisotopic (exact) mass is 444 g/mol. The predicted molar refractivity (Wildman–Crippen MR) is 119 cm³/mol. The molecule has 30 heavy (non-hydrogen) atoms. The Morgan fingerprint density at radius 2 is 2.00 bits per heavy atom. The number of hydrogen-bond acceptors (Lipinski definition) is 7. The third kappa shape index (κ3) is 4.22. The quantitative estimate of drug-likeness (QED) is 0.763. The number of fused-ring (bicyclic) bond motifs is 1. The van der Waals surface area contributed by atoms with Crippen LogP contribution in [0.4, 0.5) is 4.79 Å². The molecular weight excluding hydrogens is 420 g/mol. The van der Waals surface area contributed by atoms with E-state index in [-0.39, 0.29) is 17.9 Å². The number of hydrogen-bond donors (Lipinski definition) is 1. The zero-order chi connectivity index (χ0) is 21.4. The molecule has 1 N–H and O–H groups in total. The maximum absolute atomic E-state index is 12.7. The van der Waals surface area contributed by atoms with E-state index in [1.165, 1.54) is 23.3 Å². The molecule has 9 heteroatoms. The summed E-state index contributed by atoms with van der Waals surface area (Å²) in [4.78, 5) is 33.0. The van der Waals surface area contributed by atoms with Crippen LogP contribution in [-0.2, 0) is 10.3 Å². The van der Waals surface area contributed by atoms with E-state index < -0.39 is 11.1 Å². The van der Waals surface area contributed by atoms with Crippen LogP contribution in [0.2, 0.25) is 0 Å². The average molecular weight is 445 g/mol. The maximum atomic E-state index is 12.7. The third-order valence-corrected chi connectivity index (χ3v) is 6.99. The predicted octanol–water partition coefficient (Wildman–Crippen LogP) is 3.74. The lowest BCUT2D eigenvalue weighted by Gasteiger charge is -2.33. The Balaban J connectivity index is 1.61. The Morgan fingerprint density at radius 1 is 1.23 bits per heavy atom. The van der Waals surface area contributed by atoms with E-state index in [0.717, 1.165) is 10.6 Å². The number of amidine groups is 1. The number of aromatic nitrogens is 1. The fourth-order valence-corrected chi connectivity index (χ4v) is 5.60. The summed E-state index contributed by atoms with van der Waals surface area (Å²) in [5.74, 6) is 0.667. The Labute approximate surface area is 184 Å². The van der Waals surface area contributed by atoms with Crippen LogP contribution >= 0.6 is 23.3 Å². The van der Waals surface area contributed by atoms with E-state index in [9.17, 15) is 9.59 Å². The van der Waals surface area contributed by atoms with Crippen LogP contribution in [0.3, 0.4) is 0 Å². The van der Waals surface area contributed by atoms with E-state index in [2.05, 4.69) is 9.69 Å². The smallest absolute Gasteiger partial charge is 0.410 e. The summed E-state index contributed by atoms with van der Waals surface area (Å²) in [5.41, 5.74) is -0.602. The molecule has 2 aliphatic heterocycles.